The average Bonchev–Trinajstić information content (AvgIpc) is 2.87. The highest BCUT2D eigenvalue weighted by molar-refractivity contribution is 7.15. The number of hydrogen-bond acceptors (Lipinski definition) is 5. The lowest BCUT2D eigenvalue weighted by molar-refractivity contribution is -0.141. The smallest absolute Gasteiger partial charge is 0.327 e. The van der Waals surface area contributed by atoms with Crippen molar-refractivity contribution in [3.8, 4) is 0 Å². The van der Waals surface area contributed by atoms with Crippen molar-refractivity contribution in [2.45, 2.75) is 31.5 Å². The number of alkyl halides is 3. The molecule has 2 aromatic heterocycles. The van der Waals surface area contributed by atoms with Gasteiger partial charge in [0.15, 0.2) is 5.13 Å². The maximum absolute atomic E-state index is 12.4. The van der Waals surface area contributed by atoms with Gasteiger partial charge in [-0.3, -0.25) is 15.1 Å². The highest BCUT2D eigenvalue weighted by Crippen LogP contribution is 2.30. The zero-order valence-corrected chi connectivity index (χ0v) is 12.7. The van der Waals surface area contributed by atoms with E-state index in [2.05, 4.69) is 15.3 Å². The molecule has 23 heavy (non-hydrogen) atoms. The van der Waals surface area contributed by atoms with Crippen LogP contribution >= 0.6 is 11.3 Å². The minimum atomic E-state index is -4.53. The van der Waals surface area contributed by atoms with Crippen LogP contribution < -0.4 is 11.1 Å². The highest BCUT2D eigenvalue weighted by atomic mass is 32.1. The van der Waals surface area contributed by atoms with Gasteiger partial charge in [0.2, 0.25) is 0 Å². The van der Waals surface area contributed by atoms with Crippen LogP contribution in [0, 0.1) is 0 Å². The van der Waals surface area contributed by atoms with Gasteiger partial charge in [-0.1, -0.05) is 0 Å². The molecule has 0 saturated heterocycles. The van der Waals surface area contributed by atoms with Gasteiger partial charge in [-0.15, -0.1) is 11.3 Å². The summed E-state index contributed by atoms with van der Waals surface area (Å²) in [5, 5.41) is 3.02. The Morgan fingerprint density at radius 2 is 2.17 bits per heavy atom. The number of hydrogen-bond donors (Lipinski definition) is 2. The molecule has 5 nitrogen and oxygen atoms in total. The third kappa shape index (κ3) is 3.50. The fourth-order valence-electron chi connectivity index (χ4n) is 2.32. The van der Waals surface area contributed by atoms with E-state index in [4.69, 9.17) is 5.73 Å². The number of nitrogens with zero attached hydrogens (tertiary/aromatic N) is 2. The zero-order chi connectivity index (χ0) is 16.6. The Morgan fingerprint density at radius 1 is 1.39 bits per heavy atom. The fraction of sp³-hybridized carbons (Fsp3) is 0.357. The standard InChI is InChI=1S/C14H13F3N4OS/c15-14(16,17)11-4-1-7(6-19-11)12(22)21-13-20-9-3-2-8(18)5-10(9)23-13/h1,4,6,8H,2-3,5,18H2,(H,20,21,22)/t8-/m0/s1. The number of thiazole rings is 1. The molecule has 9 heteroatoms. The van der Waals surface area contributed by atoms with Gasteiger partial charge in [0.25, 0.3) is 5.91 Å². The Morgan fingerprint density at radius 3 is 2.83 bits per heavy atom. The Bertz CT molecular complexity index is 727. The maximum atomic E-state index is 12.4. The monoisotopic (exact) mass is 342 g/mol. The van der Waals surface area contributed by atoms with Gasteiger partial charge >= 0.3 is 6.18 Å². The molecule has 2 aromatic rings. The van der Waals surface area contributed by atoms with Gasteiger partial charge in [0, 0.05) is 17.1 Å². The van der Waals surface area contributed by atoms with E-state index in [0.717, 1.165) is 48.2 Å². The molecule has 0 aromatic carbocycles. The number of pyridine rings is 1. The second-order valence-electron chi connectivity index (χ2n) is 5.28. The lowest BCUT2D eigenvalue weighted by atomic mass is 9.99. The Hall–Kier alpha value is -2.00. The quantitative estimate of drug-likeness (QED) is 0.879. The number of halogens is 3. The van der Waals surface area contributed by atoms with Crippen molar-refractivity contribution in [2.24, 2.45) is 5.73 Å². The normalized spacial score (nSPS) is 17.7. The molecule has 0 bridgehead atoms. The molecule has 122 valence electrons. The second-order valence-corrected chi connectivity index (χ2v) is 6.36. The van der Waals surface area contributed by atoms with Crippen LogP contribution in [0.3, 0.4) is 0 Å². The van der Waals surface area contributed by atoms with Crippen LogP contribution in [0.1, 0.15) is 33.0 Å². The van der Waals surface area contributed by atoms with Crippen molar-refractivity contribution < 1.29 is 18.0 Å². The summed E-state index contributed by atoms with van der Waals surface area (Å²) >= 11 is 1.35. The first-order chi connectivity index (χ1) is 10.8. The molecule has 2 heterocycles. The molecule has 1 aliphatic carbocycles. The molecule has 3 rings (SSSR count). The van der Waals surface area contributed by atoms with Crippen LogP contribution in [0.5, 0.6) is 0 Å². The van der Waals surface area contributed by atoms with Gasteiger partial charge in [-0.25, -0.2) is 4.98 Å². The fourth-order valence-corrected chi connectivity index (χ4v) is 3.41. The van der Waals surface area contributed by atoms with E-state index in [-0.39, 0.29) is 11.6 Å². The number of aromatic nitrogens is 2. The summed E-state index contributed by atoms with van der Waals surface area (Å²) in [4.78, 5) is 20.7. The Labute approximate surface area is 133 Å². The molecular weight excluding hydrogens is 329 g/mol. The molecular formula is C14H13F3N4OS. The number of rotatable bonds is 2. The number of amides is 1. The number of fused-ring (bicyclic) bond motifs is 1. The van der Waals surface area contributed by atoms with Crippen LogP contribution in [-0.2, 0) is 19.0 Å². The van der Waals surface area contributed by atoms with Gasteiger partial charge in [-0.05, 0) is 31.4 Å². The third-order valence-electron chi connectivity index (χ3n) is 3.51. The highest BCUT2D eigenvalue weighted by Gasteiger charge is 2.32. The van der Waals surface area contributed by atoms with Crippen molar-refractivity contribution in [1.29, 1.82) is 0 Å². The second kappa shape index (κ2) is 5.89. The molecule has 1 aliphatic rings. The van der Waals surface area contributed by atoms with E-state index in [1.807, 2.05) is 0 Å². The lowest BCUT2D eigenvalue weighted by Gasteiger charge is -2.15. The summed E-state index contributed by atoms with van der Waals surface area (Å²) in [6, 6.07) is 1.97. The first-order valence-corrected chi connectivity index (χ1v) is 7.73. The number of nitrogens with one attached hydrogen (secondary N) is 1. The van der Waals surface area contributed by atoms with Crippen molar-refractivity contribution in [3.63, 3.8) is 0 Å². The summed E-state index contributed by atoms with van der Waals surface area (Å²) in [7, 11) is 0. The van der Waals surface area contributed by atoms with Crippen LogP contribution in [0.2, 0.25) is 0 Å². The molecule has 0 aliphatic heterocycles. The largest absolute Gasteiger partial charge is 0.433 e. The van der Waals surface area contributed by atoms with Crippen LogP contribution in [0.15, 0.2) is 18.3 Å². The van der Waals surface area contributed by atoms with Crippen molar-refractivity contribution >= 4 is 22.4 Å². The number of carbonyl (C=O) groups excluding carboxylic acids is 1. The Kier molecular flexibility index (Phi) is 4.07. The molecule has 0 radical (unpaired) electrons. The van der Waals surface area contributed by atoms with E-state index >= 15 is 0 Å². The summed E-state index contributed by atoms with van der Waals surface area (Å²) in [6.45, 7) is 0. The van der Waals surface area contributed by atoms with Crippen LogP contribution in [0.4, 0.5) is 18.3 Å². The van der Waals surface area contributed by atoms with Crippen molar-refractivity contribution in [3.05, 3.63) is 40.2 Å². The number of nitrogens with two attached hydrogens (primary N) is 1. The molecule has 0 unspecified atom stereocenters. The van der Waals surface area contributed by atoms with Gasteiger partial charge in [0.1, 0.15) is 5.69 Å². The first-order valence-electron chi connectivity index (χ1n) is 6.91. The average molecular weight is 342 g/mol. The van der Waals surface area contributed by atoms with E-state index in [1.54, 1.807) is 0 Å². The maximum Gasteiger partial charge on any atom is 0.433 e. The number of anilines is 1. The van der Waals surface area contributed by atoms with Gasteiger partial charge in [-0.2, -0.15) is 13.2 Å². The molecule has 3 N–H and O–H groups in total. The van der Waals surface area contributed by atoms with E-state index in [0.29, 0.717) is 5.13 Å². The summed E-state index contributed by atoms with van der Waals surface area (Å²) in [5.74, 6) is -0.540. The zero-order valence-electron chi connectivity index (χ0n) is 11.9. The Balaban J connectivity index is 1.72. The van der Waals surface area contributed by atoms with Crippen molar-refractivity contribution in [1.82, 2.24) is 9.97 Å². The molecule has 0 fully saturated rings. The van der Waals surface area contributed by atoms with E-state index in [9.17, 15) is 18.0 Å². The molecule has 0 saturated carbocycles. The summed E-state index contributed by atoms with van der Waals surface area (Å²) < 4.78 is 37.3. The minimum Gasteiger partial charge on any atom is -0.327 e. The summed E-state index contributed by atoms with van der Waals surface area (Å²) in [5.41, 5.74) is 5.83. The van der Waals surface area contributed by atoms with Crippen molar-refractivity contribution in [2.75, 3.05) is 5.32 Å². The summed E-state index contributed by atoms with van der Waals surface area (Å²) in [6.07, 6.45) is -1.27. The minimum absolute atomic E-state index is 0.0443. The van der Waals surface area contributed by atoms with Crippen LogP contribution in [-0.4, -0.2) is 21.9 Å². The first kappa shape index (κ1) is 15.9. The lowest BCUT2D eigenvalue weighted by Crippen LogP contribution is -2.27. The topological polar surface area (TPSA) is 80.9 Å². The molecule has 1 amide bonds. The number of carbonyl (C=O) groups is 1. The predicted molar refractivity (Wildman–Crippen MR) is 79.3 cm³/mol. The van der Waals surface area contributed by atoms with Gasteiger partial charge < -0.3 is 5.73 Å². The molecule has 1 atom stereocenters. The predicted octanol–water partition coefficient (Wildman–Crippen LogP) is 2.63. The van der Waals surface area contributed by atoms with Crippen LogP contribution in [0.25, 0.3) is 0 Å². The molecule has 0 spiro atoms. The van der Waals surface area contributed by atoms with E-state index < -0.39 is 17.8 Å². The number of aryl methyl sites for hydroxylation is 1. The SMILES string of the molecule is N[C@H]1CCc2nc(NC(=O)c3ccc(C(F)(F)F)nc3)sc2C1. The van der Waals surface area contributed by atoms with Gasteiger partial charge in [0.05, 0.1) is 11.3 Å². The third-order valence-corrected chi connectivity index (χ3v) is 4.55. The van der Waals surface area contributed by atoms with E-state index in [1.165, 1.54) is 11.3 Å².